The molecule has 5 unspecified atom stereocenters. The smallest absolute Gasteiger partial charge is 0.00191 e. The van der Waals surface area contributed by atoms with Crippen LogP contribution in [0, 0.1) is 47.3 Å². The molecule has 8 atom stereocenters. The molecule has 0 spiro atoms. The molecule has 1 saturated carbocycles. The first-order chi connectivity index (χ1) is 14.3. The van der Waals surface area contributed by atoms with Crippen LogP contribution in [0.15, 0.2) is 48.6 Å². The summed E-state index contributed by atoms with van der Waals surface area (Å²) in [4.78, 5) is 0. The highest BCUT2D eigenvalue weighted by atomic mass is 32.3. The summed E-state index contributed by atoms with van der Waals surface area (Å²) in [5, 5.41) is 0.865. The Labute approximate surface area is 189 Å². The lowest BCUT2D eigenvalue weighted by atomic mass is 9.73. The van der Waals surface area contributed by atoms with Gasteiger partial charge in [-0.2, -0.15) is 0 Å². The minimum absolute atomic E-state index is 0.708. The Bertz CT molecular complexity index is 664. The van der Waals surface area contributed by atoms with Crippen LogP contribution >= 0.6 is 10.0 Å². The van der Waals surface area contributed by atoms with E-state index in [4.69, 9.17) is 0 Å². The molecule has 0 heterocycles. The van der Waals surface area contributed by atoms with E-state index in [1.807, 2.05) is 0 Å². The van der Waals surface area contributed by atoms with Gasteiger partial charge in [-0.15, -0.1) is 0 Å². The topological polar surface area (TPSA) is 0 Å². The monoisotopic (exact) mass is 428 g/mol. The van der Waals surface area contributed by atoms with Crippen molar-refractivity contribution in [2.75, 3.05) is 18.3 Å². The molecular weight excluding hydrogens is 380 g/mol. The second kappa shape index (κ2) is 10.3. The Morgan fingerprint density at radius 1 is 0.833 bits per heavy atom. The Morgan fingerprint density at radius 2 is 1.47 bits per heavy atom. The van der Waals surface area contributed by atoms with Gasteiger partial charge in [-0.3, -0.25) is 0 Å². The number of hydrogen-bond donors (Lipinski definition) is 0. The Kier molecular flexibility index (Phi) is 8.21. The largest absolute Gasteiger partial charge is 0.242 e. The van der Waals surface area contributed by atoms with Gasteiger partial charge in [-0.05, 0) is 83.7 Å². The molecule has 30 heavy (non-hydrogen) atoms. The fourth-order valence-corrected chi connectivity index (χ4v) is 11.4. The van der Waals surface area contributed by atoms with Gasteiger partial charge in [-0.25, -0.2) is 10.0 Å². The lowest BCUT2D eigenvalue weighted by Crippen LogP contribution is -2.35. The van der Waals surface area contributed by atoms with Crippen molar-refractivity contribution < 1.29 is 0 Å². The molecule has 3 aliphatic carbocycles. The van der Waals surface area contributed by atoms with Gasteiger partial charge in [0, 0.05) is 0 Å². The first kappa shape index (κ1) is 24.0. The summed E-state index contributed by atoms with van der Waals surface area (Å²) in [6, 6.07) is 0. The van der Waals surface area contributed by atoms with E-state index >= 15 is 0 Å². The summed E-state index contributed by atoms with van der Waals surface area (Å²) in [7, 11) is -0.708. The molecule has 0 N–H and O–H groups in total. The highest BCUT2D eigenvalue weighted by Gasteiger charge is 2.50. The molecule has 0 aromatic carbocycles. The molecule has 0 aromatic heterocycles. The average molecular weight is 429 g/mol. The van der Waals surface area contributed by atoms with Crippen LogP contribution in [0.1, 0.15) is 60.3 Å². The molecule has 0 aromatic rings. The van der Waals surface area contributed by atoms with Gasteiger partial charge in [0.2, 0.25) is 0 Å². The van der Waals surface area contributed by atoms with Gasteiger partial charge in [0.15, 0.2) is 0 Å². The summed E-state index contributed by atoms with van der Waals surface area (Å²) in [6.07, 6.45) is 30.3. The normalized spacial score (nSPS) is 37.0. The SMILES string of the molecule is CCCC1C(C)C(S(C)(C)CC2C=CC=C[C@H]2[C@@H](CCC)C(C)C)C2C=CC=C[C@H]21. The summed E-state index contributed by atoms with van der Waals surface area (Å²) < 4.78 is 0. The van der Waals surface area contributed by atoms with Crippen molar-refractivity contribution in [1.82, 2.24) is 0 Å². The van der Waals surface area contributed by atoms with Crippen LogP contribution in [0.3, 0.4) is 0 Å². The van der Waals surface area contributed by atoms with Crippen LogP contribution in [0.2, 0.25) is 0 Å². The summed E-state index contributed by atoms with van der Waals surface area (Å²) >= 11 is 0. The predicted molar refractivity (Wildman–Crippen MR) is 139 cm³/mol. The number of rotatable bonds is 9. The quantitative estimate of drug-likeness (QED) is 0.346. The van der Waals surface area contributed by atoms with Crippen LogP contribution in [0.25, 0.3) is 0 Å². The number of allylic oxidation sites excluding steroid dienone is 8. The van der Waals surface area contributed by atoms with Crippen LogP contribution in [0.5, 0.6) is 0 Å². The highest BCUT2D eigenvalue weighted by molar-refractivity contribution is 8.33. The van der Waals surface area contributed by atoms with Gasteiger partial charge < -0.3 is 0 Å². The molecule has 0 radical (unpaired) electrons. The van der Waals surface area contributed by atoms with Crippen LogP contribution in [-0.2, 0) is 0 Å². The van der Waals surface area contributed by atoms with Crippen molar-refractivity contribution in [3.05, 3.63) is 48.6 Å². The van der Waals surface area contributed by atoms with E-state index in [0.717, 1.165) is 52.6 Å². The third-order valence-electron chi connectivity index (χ3n) is 8.54. The van der Waals surface area contributed by atoms with Crippen molar-refractivity contribution in [2.45, 2.75) is 65.6 Å². The van der Waals surface area contributed by atoms with E-state index < -0.39 is 10.0 Å². The summed E-state index contributed by atoms with van der Waals surface area (Å²) in [5.41, 5.74) is 0. The fourth-order valence-electron chi connectivity index (χ4n) is 7.35. The average Bonchev–Trinajstić information content (AvgIpc) is 2.99. The molecule has 0 nitrogen and oxygen atoms in total. The van der Waals surface area contributed by atoms with Crippen molar-refractivity contribution in [3.63, 3.8) is 0 Å². The zero-order chi connectivity index (χ0) is 21.9. The molecule has 0 aliphatic heterocycles. The van der Waals surface area contributed by atoms with E-state index in [1.165, 1.54) is 31.4 Å². The maximum Gasteiger partial charge on any atom is -0.00191 e. The fraction of sp³-hybridized carbons (Fsp3) is 0.724. The Balaban J connectivity index is 1.83. The van der Waals surface area contributed by atoms with Gasteiger partial charge in [0.1, 0.15) is 0 Å². The minimum Gasteiger partial charge on any atom is -0.242 e. The second-order valence-electron chi connectivity index (χ2n) is 11.2. The molecule has 3 rings (SSSR count). The lowest BCUT2D eigenvalue weighted by Gasteiger charge is -2.47. The van der Waals surface area contributed by atoms with Gasteiger partial charge in [0.05, 0.1) is 0 Å². The molecule has 0 saturated heterocycles. The third kappa shape index (κ3) is 4.87. The highest BCUT2D eigenvalue weighted by Crippen LogP contribution is 2.63. The zero-order valence-electron chi connectivity index (χ0n) is 20.8. The van der Waals surface area contributed by atoms with Crippen LogP contribution < -0.4 is 0 Å². The Morgan fingerprint density at radius 3 is 2.10 bits per heavy atom. The van der Waals surface area contributed by atoms with Crippen molar-refractivity contribution in [1.29, 1.82) is 0 Å². The molecule has 170 valence electrons. The van der Waals surface area contributed by atoms with E-state index in [2.05, 4.69) is 95.7 Å². The minimum atomic E-state index is -0.708. The van der Waals surface area contributed by atoms with E-state index in [1.54, 1.807) is 0 Å². The molecule has 0 amide bonds. The molecule has 0 bridgehead atoms. The number of fused-ring (bicyclic) bond motifs is 1. The standard InChI is InChI=1S/C29H48S/c1-8-14-24(21(3)4)26-17-11-10-16-23(26)20-30(6,7)29-22(5)25(15-9-2)27-18-12-13-19-28(27)29/h10-13,16-19,21-29H,8-9,14-15,20H2,1-7H3/t22?,23?,24-,25?,26+,27-,28?,29?/m0/s1. The molecule has 1 fully saturated rings. The number of hydrogen-bond acceptors (Lipinski definition) is 0. The lowest BCUT2D eigenvalue weighted by molar-refractivity contribution is 0.239. The van der Waals surface area contributed by atoms with Crippen molar-refractivity contribution in [3.8, 4) is 0 Å². The van der Waals surface area contributed by atoms with Crippen molar-refractivity contribution in [2.24, 2.45) is 47.3 Å². The predicted octanol–water partition coefficient (Wildman–Crippen LogP) is 8.27. The molecule has 1 heteroatoms. The first-order valence-electron chi connectivity index (χ1n) is 12.7. The second-order valence-corrected chi connectivity index (χ2v) is 15.3. The van der Waals surface area contributed by atoms with E-state index in [-0.39, 0.29) is 0 Å². The molecule has 3 aliphatic rings. The Hall–Kier alpha value is -0.690. The van der Waals surface area contributed by atoms with E-state index in [0.29, 0.717) is 0 Å². The van der Waals surface area contributed by atoms with Gasteiger partial charge in [0.25, 0.3) is 0 Å². The van der Waals surface area contributed by atoms with Crippen molar-refractivity contribution >= 4 is 10.0 Å². The maximum absolute atomic E-state index is 2.68. The third-order valence-corrected chi connectivity index (χ3v) is 12.0. The van der Waals surface area contributed by atoms with Crippen LogP contribution in [0.4, 0.5) is 0 Å². The molecular formula is C29H48S. The van der Waals surface area contributed by atoms with Crippen LogP contribution in [-0.4, -0.2) is 23.5 Å². The summed E-state index contributed by atoms with van der Waals surface area (Å²) in [6.45, 7) is 12.2. The zero-order valence-corrected chi connectivity index (χ0v) is 21.6. The van der Waals surface area contributed by atoms with E-state index in [9.17, 15) is 0 Å². The maximum atomic E-state index is 2.68. The van der Waals surface area contributed by atoms with Gasteiger partial charge >= 0.3 is 0 Å². The van der Waals surface area contributed by atoms with Gasteiger partial charge in [-0.1, -0.05) is 96.1 Å². The first-order valence-corrected chi connectivity index (χ1v) is 15.4. The summed E-state index contributed by atoms with van der Waals surface area (Å²) in [5.74, 6) is 7.69.